The Hall–Kier alpha value is -8.15. The molecule has 5 heterocycles. The smallest absolute Gasteiger partial charge is 0.0529 e. The maximum Gasteiger partial charge on any atom is 0.0529 e. The van der Waals surface area contributed by atoms with Crippen molar-refractivity contribution in [3.8, 4) is 55.6 Å². The van der Waals surface area contributed by atoms with Gasteiger partial charge in [-0.25, -0.2) is 0 Å². The Kier molecular flexibility index (Phi) is 14.5. The van der Waals surface area contributed by atoms with E-state index in [1.165, 1.54) is 190 Å². The Morgan fingerprint density at radius 2 is 0.750 bits per heavy atom. The lowest BCUT2D eigenvalue weighted by atomic mass is 9.94. The van der Waals surface area contributed by atoms with Crippen molar-refractivity contribution in [3.05, 3.63) is 262 Å². The molecule has 0 unspecified atom stereocenters. The summed E-state index contributed by atoms with van der Waals surface area (Å²) in [6.45, 7) is 32.8. The molecule has 0 N–H and O–H groups in total. The van der Waals surface area contributed by atoms with Gasteiger partial charge in [0.1, 0.15) is 0 Å². The Bertz CT molecular complexity index is 4150. The zero-order valence-corrected chi connectivity index (χ0v) is 49.8. The molecule has 0 amide bonds. The van der Waals surface area contributed by atoms with Crippen LogP contribution in [0.2, 0.25) is 0 Å². The van der Waals surface area contributed by atoms with Crippen molar-refractivity contribution in [2.45, 2.75) is 136 Å². The summed E-state index contributed by atoms with van der Waals surface area (Å²) in [7, 11) is 0. The molecule has 80 heavy (non-hydrogen) atoms. The van der Waals surface area contributed by atoms with Gasteiger partial charge in [0.05, 0.1) is 28.5 Å². The summed E-state index contributed by atoms with van der Waals surface area (Å²) >= 11 is 0. The molecule has 5 aromatic carbocycles. The molecule has 5 aliphatic rings. The van der Waals surface area contributed by atoms with Gasteiger partial charge >= 0.3 is 0 Å². The van der Waals surface area contributed by atoms with Crippen molar-refractivity contribution >= 4 is 0 Å². The third kappa shape index (κ3) is 9.69. The summed E-state index contributed by atoms with van der Waals surface area (Å²) in [6.07, 6.45) is 12.7. The van der Waals surface area contributed by atoms with Crippen LogP contribution in [-0.4, -0.2) is 24.9 Å². The average molecular weight is 1050 g/mol. The van der Waals surface area contributed by atoms with Crippen molar-refractivity contribution in [2.24, 2.45) is 0 Å². The molecule has 15 rings (SSSR count). The highest BCUT2D eigenvalue weighted by molar-refractivity contribution is 5.82. The Morgan fingerprint density at radius 1 is 0.275 bits per heavy atom. The van der Waals surface area contributed by atoms with Crippen LogP contribution in [0.5, 0.6) is 0 Å². The van der Waals surface area contributed by atoms with Crippen molar-refractivity contribution < 1.29 is 0 Å². The van der Waals surface area contributed by atoms with E-state index in [9.17, 15) is 0 Å². The summed E-state index contributed by atoms with van der Waals surface area (Å²) in [5, 5.41) is 0. The second kappa shape index (κ2) is 21.5. The van der Waals surface area contributed by atoms with E-state index in [2.05, 4.69) is 214 Å². The average Bonchev–Trinajstić information content (AvgIpc) is 4.40. The Labute approximate surface area is 475 Å². The fourth-order valence-corrected chi connectivity index (χ4v) is 13.0. The summed E-state index contributed by atoms with van der Waals surface area (Å²) < 4.78 is 0. The summed E-state index contributed by atoms with van der Waals surface area (Å²) in [5.41, 5.74) is 47.7. The van der Waals surface area contributed by atoms with Gasteiger partial charge < -0.3 is 0 Å². The molecule has 10 aromatic rings. The predicted octanol–water partition coefficient (Wildman–Crippen LogP) is 17.9. The quantitative estimate of drug-likeness (QED) is 0.151. The van der Waals surface area contributed by atoms with Crippen LogP contribution in [0.25, 0.3) is 55.6 Å². The molecular weight excluding hydrogens is 971 g/mol. The molecule has 0 atom stereocenters. The number of nitrogens with zero attached hydrogens (tertiary/aromatic N) is 5. The standard InChI is InChI=1S/5C15H15N/c1-9-4-6-12-13-7-5-10(2)16-15(13)8-14(12)11(9)3;1-9-6-14-12-5-4-10(2)11(3)13(12)7-15(14)16-8-9;1-9-4-5-12-13(11(9)3)8-14-15(12)10(2)6-7-16-14;1-9-7-14-12-5-4-6-16-15(12)8-13(14)11(3)10(9)2;1-9-7-10(2)15-12-5-4-6-16-14(12)8-13(15)11(9)3/h4-7H,8H2,1-3H3;4-6,8H,7H2,1-3H3;3*4-7H,8H2,1-3H3. The van der Waals surface area contributed by atoms with Gasteiger partial charge in [0.15, 0.2) is 0 Å². The fraction of sp³-hybridized carbons (Fsp3) is 0.267. The lowest BCUT2D eigenvalue weighted by molar-refractivity contribution is 1.06. The second-order valence-electron chi connectivity index (χ2n) is 23.3. The molecule has 400 valence electrons. The Balaban J connectivity index is 0.000000105. The van der Waals surface area contributed by atoms with Crippen LogP contribution in [0.4, 0.5) is 0 Å². The molecule has 0 saturated heterocycles. The van der Waals surface area contributed by atoms with Crippen LogP contribution in [-0.2, 0) is 32.1 Å². The maximum atomic E-state index is 4.64. The largest absolute Gasteiger partial charge is 0.260 e. The maximum absolute atomic E-state index is 4.64. The third-order valence-electron chi connectivity index (χ3n) is 18.4. The lowest BCUT2D eigenvalue weighted by Crippen LogP contribution is -1.93. The number of hydrogen-bond donors (Lipinski definition) is 0. The number of fused-ring (bicyclic) bond motifs is 15. The van der Waals surface area contributed by atoms with Gasteiger partial charge in [-0.3, -0.25) is 24.9 Å². The molecule has 0 fully saturated rings. The van der Waals surface area contributed by atoms with Crippen LogP contribution < -0.4 is 0 Å². The molecule has 0 bridgehead atoms. The highest BCUT2D eigenvalue weighted by Crippen LogP contribution is 2.44. The number of pyridine rings is 5. The van der Waals surface area contributed by atoms with Crippen molar-refractivity contribution in [3.63, 3.8) is 0 Å². The van der Waals surface area contributed by atoms with E-state index in [1.807, 2.05) is 36.9 Å². The predicted molar refractivity (Wildman–Crippen MR) is 333 cm³/mol. The van der Waals surface area contributed by atoms with Crippen LogP contribution in [0.15, 0.2) is 122 Å². The van der Waals surface area contributed by atoms with Gasteiger partial charge in [-0.05, 0) is 268 Å². The first-order valence-electron chi connectivity index (χ1n) is 28.6. The van der Waals surface area contributed by atoms with E-state index in [-0.39, 0.29) is 0 Å². The highest BCUT2D eigenvalue weighted by Gasteiger charge is 2.27. The number of benzene rings is 5. The van der Waals surface area contributed by atoms with Crippen LogP contribution in [0.3, 0.4) is 0 Å². The third-order valence-corrected chi connectivity index (χ3v) is 18.4. The molecule has 0 saturated carbocycles. The summed E-state index contributed by atoms with van der Waals surface area (Å²) in [4.78, 5) is 22.6. The Morgan fingerprint density at radius 3 is 1.41 bits per heavy atom. The monoisotopic (exact) mass is 1050 g/mol. The van der Waals surface area contributed by atoms with Gasteiger partial charge in [0.25, 0.3) is 0 Å². The zero-order valence-electron chi connectivity index (χ0n) is 49.8. The van der Waals surface area contributed by atoms with Crippen LogP contribution in [0, 0.1) is 104 Å². The number of aromatic nitrogens is 5. The molecule has 5 aliphatic carbocycles. The van der Waals surface area contributed by atoms with Gasteiger partial charge in [0.2, 0.25) is 0 Å². The number of aryl methyl sites for hydroxylation is 9. The molecule has 5 aromatic heterocycles. The first-order chi connectivity index (χ1) is 38.4. The zero-order chi connectivity index (χ0) is 56.4. The highest BCUT2D eigenvalue weighted by atomic mass is 14.7. The second-order valence-corrected chi connectivity index (χ2v) is 23.3. The number of hydrogen-bond acceptors (Lipinski definition) is 5. The van der Waals surface area contributed by atoms with Gasteiger partial charge in [-0.1, -0.05) is 66.7 Å². The molecule has 0 aliphatic heterocycles. The normalized spacial score (nSPS) is 12.4. The van der Waals surface area contributed by atoms with E-state index >= 15 is 0 Å². The minimum Gasteiger partial charge on any atom is -0.260 e. The van der Waals surface area contributed by atoms with E-state index in [0.717, 1.165) is 37.8 Å². The topological polar surface area (TPSA) is 64.5 Å². The van der Waals surface area contributed by atoms with Crippen molar-refractivity contribution in [2.75, 3.05) is 0 Å². The van der Waals surface area contributed by atoms with Crippen molar-refractivity contribution in [1.82, 2.24) is 24.9 Å². The number of rotatable bonds is 0. The molecule has 0 spiro atoms. The van der Waals surface area contributed by atoms with Gasteiger partial charge in [-0.2, -0.15) is 0 Å². The molecular formula is C75H75N5. The molecule has 5 heteroatoms. The molecule has 5 nitrogen and oxygen atoms in total. The summed E-state index contributed by atoms with van der Waals surface area (Å²) in [6, 6.07) is 35.1. The fourth-order valence-electron chi connectivity index (χ4n) is 13.0. The van der Waals surface area contributed by atoms with E-state index in [0.29, 0.717) is 0 Å². The first kappa shape index (κ1) is 53.8. The van der Waals surface area contributed by atoms with Crippen molar-refractivity contribution in [1.29, 1.82) is 0 Å². The SMILES string of the molecule is Cc1cc(C)c2c(c1C)Cc1ncccc1-2.Cc1cc2c(c(C)c1C)Cc1ncccc1-2.Cc1ccc2c(c1C)Cc1nccc(C)c1-2.Cc1ccc2c(n1)Cc1c-2ccc(C)c1C.Cc1cnc2c(c1)-c1ccc(C)c(C)c1C2. The van der Waals surface area contributed by atoms with Gasteiger partial charge in [-0.15, -0.1) is 0 Å². The minimum atomic E-state index is 0.998. The lowest BCUT2D eigenvalue weighted by Gasteiger charge is -2.11. The van der Waals surface area contributed by atoms with E-state index in [4.69, 9.17) is 0 Å². The van der Waals surface area contributed by atoms with Crippen LogP contribution in [0.1, 0.15) is 140 Å². The molecule has 0 radical (unpaired) electrons. The van der Waals surface area contributed by atoms with Gasteiger partial charge in [0, 0.05) is 90.4 Å². The minimum absolute atomic E-state index is 0.998. The van der Waals surface area contributed by atoms with E-state index < -0.39 is 0 Å². The first-order valence-corrected chi connectivity index (χ1v) is 28.6. The van der Waals surface area contributed by atoms with E-state index in [1.54, 1.807) is 0 Å². The summed E-state index contributed by atoms with van der Waals surface area (Å²) in [5.74, 6) is 0. The van der Waals surface area contributed by atoms with Crippen LogP contribution >= 0.6 is 0 Å².